The molecule has 2 atom stereocenters. The van der Waals surface area contributed by atoms with Gasteiger partial charge in [-0.2, -0.15) is 0 Å². The van der Waals surface area contributed by atoms with Gasteiger partial charge in [-0.25, -0.2) is 4.98 Å². The van der Waals surface area contributed by atoms with Crippen LogP contribution in [0.15, 0.2) is 54.7 Å². The minimum atomic E-state index is 0.550. The summed E-state index contributed by atoms with van der Waals surface area (Å²) in [5.74, 6) is 0.716. The molecule has 3 heterocycles. The molecule has 0 radical (unpaired) electrons. The SMILES string of the molecule is CCOc1ccc(C2=CC3CCCC(C2)N3Cc2ccccc2)cn1. The zero-order chi connectivity index (χ0) is 17.1. The van der Waals surface area contributed by atoms with Crippen molar-refractivity contribution >= 4 is 5.57 Å². The molecule has 0 saturated carbocycles. The number of aromatic nitrogens is 1. The van der Waals surface area contributed by atoms with E-state index < -0.39 is 0 Å². The number of hydrogen-bond acceptors (Lipinski definition) is 3. The average molecular weight is 334 g/mol. The number of benzene rings is 1. The van der Waals surface area contributed by atoms with Crippen molar-refractivity contribution in [3.63, 3.8) is 0 Å². The second kappa shape index (κ2) is 7.40. The van der Waals surface area contributed by atoms with Gasteiger partial charge in [-0.15, -0.1) is 0 Å². The van der Waals surface area contributed by atoms with Crippen LogP contribution in [-0.2, 0) is 6.54 Å². The first kappa shape index (κ1) is 16.3. The van der Waals surface area contributed by atoms with Crippen molar-refractivity contribution in [2.75, 3.05) is 6.61 Å². The second-order valence-corrected chi connectivity index (χ2v) is 7.02. The van der Waals surface area contributed by atoms with E-state index in [2.05, 4.69) is 52.4 Å². The van der Waals surface area contributed by atoms with E-state index in [0.29, 0.717) is 24.6 Å². The molecule has 0 amide bonds. The Labute approximate surface area is 150 Å². The van der Waals surface area contributed by atoms with Crippen molar-refractivity contribution < 1.29 is 4.74 Å². The largest absolute Gasteiger partial charge is 0.478 e. The summed E-state index contributed by atoms with van der Waals surface area (Å²) in [6, 6.07) is 16.2. The molecule has 2 unspecified atom stereocenters. The highest BCUT2D eigenvalue weighted by Gasteiger charge is 2.34. The summed E-state index contributed by atoms with van der Waals surface area (Å²) in [5, 5.41) is 0. The van der Waals surface area contributed by atoms with E-state index in [0.717, 1.165) is 13.0 Å². The Balaban J connectivity index is 1.54. The van der Waals surface area contributed by atoms with E-state index in [4.69, 9.17) is 4.74 Å². The van der Waals surface area contributed by atoms with Crippen molar-refractivity contribution in [1.29, 1.82) is 0 Å². The topological polar surface area (TPSA) is 25.4 Å². The first-order chi connectivity index (χ1) is 12.3. The van der Waals surface area contributed by atoms with Crippen molar-refractivity contribution in [3.05, 3.63) is 65.9 Å². The maximum Gasteiger partial charge on any atom is 0.213 e. The van der Waals surface area contributed by atoms with Crippen LogP contribution < -0.4 is 4.74 Å². The van der Waals surface area contributed by atoms with Crippen LogP contribution in [0.4, 0.5) is 0 Å². The molecule has 2 bridgehead atoms. The van der Waals surface area contributed by atoms with Gasteiger partial charge in [0.2, 0.25) is 5.88 Å². The quantitative estimate of drug-likeness (QED) is 0.793. The van der Waals surface area contributed by atoms with E-state index in [1.54, 1.807) is 0 Å². The lowest BCUT2D eigenvalue weighted by atomic mass is 9.83. The Morgan fingerprint density at radius 1 is 1.12 bits per heavy atom. The van der Waals surface area contributed by atoms with Crippen LogP contribution in [-0.4, -0.2) is 28.6 Å². The zero-order valence-electron chi connectivity index (χ0n) is 14.9. The number of pyridine rings is 1. The zero-order valence-corrected chi connectivity index (χ0v) is 14.9. The van der Waals surface area contributed by atoms with Crippen LogP contribution >= 0.6 is 0 Å². The molecule has 1 aromatic carbocycles. The minimum absolute atomic E-state index is 0.550. The Kier molecular flexibility index (Phi) is 4.84. The number of fused-ring (bicyclic) bond motifs is 2. The van der Waals surface area contributed by atoms with Crippen molar-refractivity contribution in [3.8, 4) is 5.88 Å². The fraction of sp³-hybridized carbons (Fsp3) is 0.409. The molecule has 1 aromatic heterocycles. The smallest absolute Gasteiger partial charge is 0.213 e. The lowest BCUT2D eigenvalue weighted by molar-refractivity contribution is 0.0951. The minimum Gasteiger partial charge on any atom is -0.478 e. The summed E-state index contributed by atoms with van der Waals surface area (Å²) in [5.41, 5.74) is 4.12. The predicted octanol–water partition coefficient (Wildman–Crippen LogP) is 4.69. The van der Waals surface area contributed by atoms with E-state index in [1.165, 1.54) is 36.0 Å². The van der Waals surface area contributed by atoms with Gasteiger partial charge >= 0.3 is 0 Å². The molecule has 2 aliphatic rings. The Bertz CT molecular complexity index is 723. The Morgan fingerprint density at radius 2 is 2.00 bits per heavy atom. The van der Waals surface area contributed by atoms with Crippen LogP contribution in [0.3, 0.4) is 0 Å². The van der Waals surface area contributed by atoms with Gasteiger partial charge in [0.05, 0.1) is 6.61 Å². The maximum atomic E-state index is 5.47. The summed E-state index contributed by atoms with van der Waals surface area (Å²) in [6.07, 6.45) is 9.47. The van der Waals surface area contributed by atoms with Crippen LogP contribution in [0, 0.1) is 0 Å². The molecule has 1 fully saturated rings. The van der Waals surface area contributed by atoms with E-state index in [-0.39, 0.29) is 0 Å². The van der Waals surface area contributed by atoms with Gasteiger partial charge in [-0.1, -0.05) is 42.8 Å². The molecule has 4 rings (SSSR count). The molecule has 2 aliphatic heterocycles. The molecule has 0 spiro atoms. The average Bonchev–Trinajstić information content (AvgIpc) is 2.63. The molecule has 1 saturated heterocycles. The molecule has 0 N–H and O–H groups in total. The summed E-state index contributed by atoms with van der Waals surface area (Å²) >= 11 is 0. The fourth-order valence-electron chi connectivity index (χ4n) is 4.18. The van der Waals surface area contributed by atoms with Gasteiger partial charge in [0.1, 0.15) is 0 Å². The Morgan fingerprint density at radius 3 is 2.72 bits per heavy atom. The molecule has 0 aliphatic carbocycles. The van der Waals surface area contributed by atoms with Crippen molar-refractivity contribution in [2.45, 2.75) is 51.2 Å². The Hall–Kier alpha value is -2.13. The molecular formula is C22H26N2O. The lowest BCUT2D eigenvalue weighted by Gasteiger charge is -2.45. The van der Waals surface area contributed by atoms with Crippen LogP contribution in [0.2, 0.25) is 0 Å². The molecule has 3 heteroatoms. The summed E-state index contributed by atoms with van der Waals surface area (Å²) in [4.78, 5) is 7.15. The van der Waals surface area contributed by atoms with Gasteiger partial charge < -0.3 is 4.74 Å². The fourth-order valence-corrected chi connectivity index (χ4v) is 4.18. The monoisotopic (exact) mass is 334 g/mol. The molecule has 2 aromatic rings. The predicted molar refractivity (Wildman–Crippen MR) is 101 cm³/mol. The number of rotatable bonds is 5. The third kappa shape index (κ3) is 3.62. The van der Waals surface area contributed by atoms with E-state index in [9.17, 15) is 0 Å². The highest BCUT2D eigenvalue weighted by Crippen LogP contribution is 2.37. The summed E-state index contributed by atoms with van der Waals surface area (Å²) in [6.45, 7) is 3.71. The van der Waals surface area contributed by atoms with Crippen LogP contribution in [0.5, 0.6) is 5.88 Å². The molecule has 3 nitrogen and oxygen atoms in total. The van der Waals surface area contributed by atoms with Gasteiger partial charge in [-0.05, 0) is 49.0 Å². The van der Waals surface area contributed by atoms with Crippen molar-refractivity contribution in [2.24, 2.45) is 0 Å². The number of piperidine rings is 1. The van der Waals surface area contributed by atoms with Gasteiger partial charge in [0.15, 0.2) is 0 Å². The second-order valence-electron chi connectivity index (χ2n) is 7.02. The van der Waals surface area contributed by atoms with Gasteiger partial charge in [0.25, 0.3) is 0 Å². The number of nitrogens with zero attached hydrogens (tertiary/aromatic N) is 2. The first-order valence-electron chi connectivity index (χ1n) is 9.43. The van der Waals surface area contributed by atoms with Crippen LogP contribution in [0.25, 0.3) is 5.57 Å². The highest BCUT2D eigenvalue weighted by molar-refractivity contribution is 5.67. The van der Waals surface area contributed by atoms with Gasteiger partial charge in [-0.3, -0.25) is 4.90 Å². The molecule has 130 valence electrons. The summed E-state index contributed by atoms with van der Waals surface area (Å²) in [7, 11) is 0. The molecule has 25 heavy (non-hydrogen) atoms. The van der Waals surface area contributed by atoms with E-state index in [1.807, 2.05) is 19.2 Å². The lowest BCUT2D eigenvalue weighted by Crippen LogP contribution is -2.47. The third-order valence-corrected chi connectivity index (χ3v) is 5.39. The molecular weight excluding hydrogens is 308 g/mol. The third-order valence-electron chi connectivity index (χ3n) is 5.39. The van der Waals surface area contributed by atoms with Crippen LogP contribution in [0.1, 0.15) is 43.7 Å². The van der Waals surface area contributed by atoms with Crippen molar-refractivity contribution in [1.82, 2.24) is 9.88 Å². The number of ether oxygens (including phenoxy) is 1. The summed E-state index contributed by atoms with van der Waals surface area (Å²) < 4.78 is 5.47. The number of hydrogen-bond donors (Lipinski definition) is 0. The standard InChI is InChI=1S/C22H26N2O/c1-2-25-22-12-11-18(15-23-22)19-13-20-9-6-10-21(14-19)24(20)16-17-7-4-3-5-8-17/h3-5,7-8,11-13,15,20-21H,2,6,9-10,14,16H2,1H3. The highest BCUT2D eigenvalue weighted by atomic mass is 16.5. The normalized spacial score (nSPS) is 23.2. The maximum absolute atomic E-state index is 5.47. The first-order valence-corrected chi connectivity index (χ1v) is 9.43. The van der Waals surface area contributed by atoms with E-state index >= 15 is 0 Å². The van der Waals surface area contributed by atoms with Gasteiger partial charge in [0, 0.05) is 30.9 Å².